The molecule has 1 aliphatic carbocycles. The summed E-state index contributed by atoms with van der Waals surface area (Å²) in [6, 6.07) is 13.1. The zero-order valence-corrected chi connectivity index (χ0v) is 20.2. The van der Waals surface area contributed by atoms with Gasteiger partial charge in [-0.15, -0.1) is 0 Å². The van der Waals surface area contributed by atoms with Crippen molar-refractivity contribution in [2.75, 3.05) is 37.6 Å². The Balaban J connectivity index is 1.29. The highest BCUT2D eigenvalue weighted by Crippen LogP contribution is 2.36. The lowest BCUT2D eigenvalue weighted by atomic mass is 9.78. The molecular formula is C26H32FN3O3S. The van der Waals surface area contributed by atoms with E-state index in [1.54, 1.807) is 36.4 Å². The summed E-state index contributed by atoms with van der Waals surface area (Å²) < 4.78 is 41.5. The van der Waals surface area contributed by atoms with Gasteiger partial charge in [0.05, 0.1) is 4.90 Å². The van der Waals surface area contributed by atoms with Gasteiger partial charge in [0, 0.05) is 50.0 Å². The molecule has 2 saturated heterocycles. The molecule has 0 spiro atoms. The number of fused-ring (bicyclic) bond motifs is 1. The van der Waals surface area contributed by atoms with E-state index in [-0.39, 0.29) is 22.7 Å². The van der Waals surface area contributed by atoms with Gasteiger partial charge < -0.3 is 9.80 Å². The maximum atomic E-state index is 13.4. The number of carbonyl (C=O) groups excluding carboxylic acids is 1. The van der Waals surface area contributed by atoms with Crippen LogP contribution in [0.15, 0.2) is 53.4 Å². The van der Waals surface area contributed by atoms with Gasteiger partial charge in [-0.1, -0.05) is 18.9 Å². The Morgan fingerprint density at radius 1 is 0.853 bits per heavy atom. The number of nitrogens with zero attached hydrogens (tertiary/aromatic N) is 3. The highest BCUT2D eigenvalue weighted by Gasteiger charge is 2.36. The zero-order valence-electron chi connectivity index (χ0n) is 19.4. The van der Waals surface area contributed by atoms with Crippen LogP contribution in [0.25, 0.3) is 0 Å². The fourth-order valence-electron chi connectivity index (χ4n) is 5.82. The van der Waals surface area contributed by atoms with Gasteiger partial charge in [-0.3, -0.25) is 4.79 Å². The number of likely N-dealkylation sites (tertiary alicyclic amines) is 1. The van der Waals surface area contributed by atoms with Gasteiger partial charge in [0.2, 0.25) is 10.0 Å². The first-order valence-electron chi connectivity index (χ1n) is 12.4. The molecule has 2 atom stereocenters. The summed E-state index contributed by atoms with van der Waals surface area (Å²) in [4.78, 5) is 17.6. The molecule has 0 aromatic heterocycles. The van der Waals surface area contributed by atoms with Gasteiger partial charge >= 0.3 is 0 Å². The SMILES string of the molecule is O=C(c1cccc(S(=O)(=O)N2CCN(c3ccc(F)cc3)CC2)c1)N1CCCC2CCCCC21. The van der Waals surface area contributed by atoms with Crippen LogP contribution in [0, 0.1) is 11.7 Å². The molecule has 0 radical (unpaired) electrons. The summed E-state index contributed by atoms with van der Waals surface area (Å²) in [5, 5.41) is 0. The Kier molecular flexibility index (Phi) is 6.62. The van der Waals surface area contributed by atoms with Gasteiger partial charge in [0.1, 0.15) is 5.82 Å². The number of amides is 1. The zero-order chi connectivity index (χ0) is 23.7. The van der Waals surface area contributed by atoms with Crippen LogP contribution in [0.3, 0.4) is 0 Å². The molecule has 6 nitrogen and oxygen atoms in total. The second-order valence-corrected chi connectivity index (χ2v) is 11.6. The van der Waals surface area contributed by atoms with E-state index in [1.807, 2.05) is 4.90 Å². The van der Waals surface area contributed by atoms with Gasteiger partial charge in [-0.05, 0) is 74.1 Å². The van der Waals surface area contributed by atoms with Crippen molar-refractivity contribution in [1.82, 2.24) is 9.21 Å². The highest BCUT2D eigenvalue weighted by atomic mass is 32.2. The van der Waals surface area contributed by atoms with Gasteiger partial charge in [-0.25, -0.2) is 12.8 Å². The molecule has 2 aromatic rings. The van der Waals surface area contributed by atoms with E-state index in [4.69, 9.17) is 0 Å². The smallest absolute Gasteiger partial charge is 0.254 e. The third-order valence-corrected chi connectivity index (χ3v) is 9.55. The van der Waals surface area contributed by atoms with Gasteiger partial charge in [0.25, 0.3) is 5.91 Å². The van der Waals surface area contributed by atoms with Crippen LogP contribution in [0.2, 0.25) is 0 Å². The van der Waals surface area contributed by atoms with E-state index in [9.17, 15) is 17.6 Å². The summed E-state index contributed by atoms with van der Waals surface area (Å²) >= 11 is 0. The van der Waals surface area contributed by atoms with Crippen molar-refractivity contribution in [1.29, 1.82) is 0 Å². The molecule has 1 saturated carbocycles. The molecule has 3 fully saturated rings. The van der Waals surface area contributed by atoms with E-state index in [1.165, 1.54) is 35.7 Å². The Morgan fingerprint density at radius 3 is 2.32 bits per heavy atom. The largest absolute Gasteiger partial charge is 0.369 e. The molecule has 5 rings (SSSR count). The normalized spacial score (nSPS) is 24.0. The predicted molar refractivity (Wildman–Crippen MR) is 130 cm³/mol. The first-order chi connectivity index (χ1) is 16.4. The summed E-state index contributed by atoms with van der Waals surface area (Å²) in [5.74, 6) is 0.244. The lowest BCUT2D eigenvalue weighted by Crippen LogP contribution is -2.49. The van der Waals surface area contributed by atoms with Crippen molar-refractivity contribution in [3.8, 4) is 0 Å². The van der Waals surface area contributed by atoms with Crippen LogP contribution < -0.4 is 4.90 Å². The Hall–Kier alpha value is -2.45. The second kappa shape index (κ2) is 9.66. The number of halogens is 1. The van der Waals surface area contributed by atoms with Crippen LogP contribution in [-0.4, -0.2) is 62.3 Å². The molecular weight excluding hydrogens is 453 g/mol. The molecule has 1 amide bonds. The number of piperazine rings is 1. The van der Waals surface area contributed by atoms with Crippen LogP contribution in [0.4, 0.5) is 10.1 Å². The summed E-state index contributed by atoms with van der Waals surface area (Å²) in [7, 11) is -3.71. The van der Waals surface area contributed by atoms with Crippen molar-refractivity contribution in [3.05, 3.63) is 59.9 Å². The Labute approximate surface area is 201 Å². The Morgan fingerprint density at radius 2 is 1.56 bits per heavy atom. The molecule has 2 heterocycles. The fourth-order valence-corrected chi connectivity index (χ4v) is 7.29. The average molecular weight is 486 g/mol. The standard InChI is InChI=1S/C26H32FN3O3S/c27-22-10-12-23(13-11-22)28-15-17-29(18-16-28)34(32,33)24-8-3-6-21(19-24)26(31)30-14-4-7-20-5-1-2-9-25(20)30/h3,6,8,10-13,19-20,25H,1-2,4-5,7,9,14-18H2. The summed E-state index contributed by atoms with van der Waals surface area (Å²) in [5.41, 5.74) is 1.34. The molecule has 2 aromatic carbocycles. The number of piperidine rings is 1. The third kappa shape index (κ3) is 4.58. The van der Waals surface area contributed by atoms with Gasteiger partial charge in [0.15, 0.2) is 0 Å². The topological polar surface area (TPSA) is 60.9 Å². The van der Waals surface area contributed by atoms with Crippen molar-refractivity contribution < 1.29 is 17.6 Å². The minimum absolute atomic E-state index is 0.0465. The number of benzene rings is 2. The summed E-state index contributed by atoms with van der Waals surface area (Å²) in [6.07, 6.45) is 6.84. The molecule has 182 valence electrons. The first-order valence-corrected chi connectivity index (χ1v) is 13.8. The molecule has 2 unspecified atom stereocenters. The van der Waals surface area contributed by atoms with Crippen LogP contribution in [0.5, 0.6) is 0 Å². The van der Waals surface area contributed by atoms with E-state index < -0.39 is 10.0 Å². The van der Waals surface area contributed by atoms with Crippen molar-refractivity contribution in [2.24, 2.45) is 5.92 Å². The van der Waals surface area contributed by atoms with Crippen LogP contribution in [-0.2, 0) is 10.0 Å². The maximum absolute atomic E-state index is 13.4. The lowest BCUT2D eigenvalue weighted by Gasteiger charge is -2.44. The average Bonchev–Trinajstić information content (AvgIpc) is 2.88. The van der Waals surface area contributed by atoms with Gasteiger partial charge in [-0.2, -0.15) is 4.31 Å². The molecule has 2 aliphatic heterocycles. The second-order valence-electron chi connectivity index (χ2n) is 9.65. The number of hydrogen-bond acceptors (Lipinski definition) is 4. The predicted octanol–water partition coefficient (Wildman–Crippen LogP) is 4.13. The minimum atomic E-state index is -3.71. The monoisotopic (exact) mass is 485 g/mol. The third-order valence-electron chi connectivity index (χ3n) is 7.65. The molecule has 3 aliphatic rings. The van der Waals surface area contributed by atoms with Crippen molar-refractivity contribution >= 4 is 21.6 Å². The number of carbonyl (C=O) groups is 1. The number of hydrogen-bond donors (Lipinski definition) is 0. The fraction of sp³-hybridized carbons (Fsp3) is 0.500. The highest BCUT2D eigenvalue weighted by molar-refractivity contribution is 7.89. The molecule has 8 heteroatoms. The molecule has 0 N–H and O–H groups in total. The summed E-state index contributed by atoms with van der Waals surface area (Å²) in [6.45, 7) is 2.49. The maximum Gasteiger partial charge on any atom is 0.254 e. The van der Waals surface area contributed by atoms with E-state index in [0.717, 1.165) is 31.5 Å². The molecule has 0 bridgehead atoms. The number of anilines is 1. The lowest BCUT2D eigenvalue weighted by molar-refractivity contribution is 0.0390. The van der Waals surface area contributed by atoms with E-state index >= 15 is 0 Å². The van der Waals surface area contributed by atoms with Crippen molar-refractivity contribution in [3.63, 3.8) is 0 Å². The van der Waals surface area contributed by atoms with E-state index in [0.29, 0.717) is 37.7 Å². The number of sulfonamides is 1. The minimum Gasteiger partial charge on any atom is -0.369 e. The van der Waals surface area contributed by atoms with Crippen LogP contribution >= 0.6 is 0 Å². The van der Waals surface area contributed by atoms with Crippen LogP contribution in [0.1, 0.15) is 48.9 Å². The van der Waals surface area contributed by atoms with Crippen molar-refractivity contribution in [2.45, 2.75) is 49.5 Å². The molecule has 34 heavy (non-hydrogen) atoms. The first kappa shape index (κ1) is 23.3. The van der Waals surface area contributed by atoms with E-state index in [2.05, 4.69) is 4.90 Å². The Bertz CT molecular complexity index is 1130. The quantitative estimate of drug-likeness (QED) is 0.653. The number of rotatable bonds is 4.